The maximum absolute atomic E-state index is 13.1. The van der Waals surface area contributed by atoms with Crippen molar-refractivity contribution in [2.75, 3.05) is 20.1 Å². The molecule has 2 amide bonds. The standard InChI is InChI=1S/C22H24N4O2S/c1-15(20-24-18-7-3-4-8-19(18)29-20)25(2)21(27)16-9-12-26(13-10-16)22(28)17-6-5-11-23-14-17/h3-8,11,14-16H,9-10,12-13H2,1-2H3. The predicted octanol–water partition coefficient (Wildman–Crippen LogP) is 3.76. The van der Waals surface area contributed by atoms with Crippen molar-refractivity contribution in [1.29, 1.82) is 0 Å². The third-order valence-corrected chi connectivity index (χ3v) is 6.84. The molecule has 0 aliphatic carbocycles. The number of hydrogen-bond donors (Lipinski definition) is 0. The molecule has 1 unspecified atom stereocenters. The lowest BCUT2D eigenvalue weighted by Crippen LogP contribution is -2.44. The van der Waals surface area contributed by atoms with E-state index in [1.165, 1.54) is 0 Å². The van der Waals surface area contributed by atoms with Gasteiger partial charge in [0.25, 0.3) is 5.91 Å². The number of para-hydroxylation sites is 1. The van der Waals surface area contributed by atoms with Crippen molar-refractivity contribution in [2.24, 2.45) is 5.92 Å². The molecule has 0 radical (unpaired) electrons. The summed E-state index contributed by atoms with van der Waals surface area (Å²) in [7, 11) is 1.85. The Morgan fingerprint density at radius 2 is 1.93 bits per heavy atom. The van der Waals surface area contributed by atoms with Crippen LogP contribution in [0.1, 0.15) is 41.2 Å². The molecule has 1 aliphatic heterocycles. The van der Waals surface area contributed by atoms with Crippen LogP contribution in [0, 0.1) is 5.92 Å². The summed E-state index contributed by atoms with van der Waals surface area (Å²) in [5.74, 6) is 0.0557. The van der Waals surface area contributed by atoms with Crippen LogP contribution in [0.25, 0.3) is 10.2 Å². The molecule has 1 aromatic carbocycles. The van der Waals surface area contributed by atoms with Crippen LogP contribution in [-0.4, -0.2) is 51.7 Å². The summed E-state index contributed by atoms with van der Waals surface area (Å²) in [5.41, 5.74) is 1.57. The molecule has 150 valence electrons. The Labute approximate surface area is 174 Å². The molecule has 1 fully saturated rings. The topological polar surface area (TPSA) is 66.4 Å². The minimum absolute atomic E-state index is 0.0137. The Balaban J connectivity index is 1.38. The van der Waals surface area contributed by atoms with Crippen LogP contribution in [0.5, 0.6) is 0 Å². The lowest BCUT2D eigenvalue weighted by Gasteiger charge is -2.34. The average Bonchev–Trinajstić information content (AvgIpc) is 3.22. The monoisotopic (exact) mass is 408 g/mol. The highest BCUT2D eigenvalue weighted by molar-refractivity contribution is 7.18. The van der Waals surface area contributed by atoms with E-state index in [2.05, 4.69) is 11.1 Å². The fourth-order valence-corrected chi connectivity index (χ4v) is 4.78. The van der Waals surface area contributed by atoms with Gasteiger partial charge in [-0.15, -0.1) is 11.3 Å². The van der Waals surface area contributed by atoms with Gasteiger partial charge in [-0.3, -0.25) is 14.6 Å². The number of likely N-dealkylation sites (tertiary alicyclic amines) is 1. The molecule has 1 saturated heterocycles. The number of carbonyl (C=O) groups excluding carboxylic acids is 2. The van der Waals surface area contributed by atoms with E-state index in [1.54, 1.807) is 40.8 Å². The summed E-state index contributed by atoms with van der Waals surface area (Å²) in [6.07, 6.45) is 4.61. The SMILES string of the molecule is CC(c1nc2ccccc2s1)N(C)C(=O)C1CCN(C(=O)c2cccnc2)CC1. The van der Waals surface area contributed by atoms with Gasteiger partial charge in [0.05, 0.1) is 21.8 Å². The summed E-state index contributed by atoms with van der Waals surface area (Å²) >= 11 is 1.64. The number of rotatable bonds is 4. The molecule has 7 heteroatoms. The first-order valence-corrected chi connectivity index (χ1v) is 10.7. The van der Waals surface area contributed by atoms with E-state index in [0.29, 0.717) is 31.5 Å². The fraction of sp³-hybridized carbons (Fsp3) is 0.364. The first-order chi connectivity index (χ1) is 14.0. The summed E-state index contributed by atoms with van der Waals surface area (Å²) in [4.78, 5) is 38.0. The summed E-state index contributed by atoms with van der Waals surface area (Å²) in [5, 5.41) is 0.950. The van der Waals surface area contributed by atoms with E-state index in [9.17, 15) is 9.59 Å². The number of thiazole rings is 1. The van der Waals surface area contributed by atoms with E-state index in [1.807, 2.05) is 37.1 Å². The van der Waals surface area contributed by atoms with Crippen molar-refractivity contribution in [3.63, 3.8) is 0 Å². The van der Waals surface area contributed by atoms with Crippen LogP contribution in [0.4, 0.5) is 0 Å². The Morgan fingerprint density at radius 3 is 2.62 bits per heavy atom. The Hall–Kier alpha value is -2.80. The van der Waals surface area contributed by atoms with Gasteiger partial charge in [0.2, 0.25) is 5.91 Å². The first-order valence-electron chi connectivity index (χ1n) is 9.86. The predicted molar refractivity (Wildman–Crippen MR) is 114 cm³/mol. The number of fused-ring (bicyclic) bond motifs is 1. The summed E-state index contributed by atoms with van der Waals surface area (Å²) < 4.78 is 1.14. The molecule has 6 nitrogen and oxygen atoms in total. The molecule has 0 N–H and O–H groups in total. The van der Waals surface area contributed by atoms with Crippen LogP contribution in [0.2, 0.25) is 0 Å². The molecular weight excluding hydrogens is 384 g/mol. The van der Waals surface area contributed by atoms with E-state index < -0.39 is 0 Å². The highest BCUT2D eigenvalue weighted by atomic mass is 32.1. The number of piperidine rings is 1. The molecule has 1 aliphatic rings. The lowest BCUT2D eigenvalue weighted by atomic mass is 9.94. The molecule has 1 atom stereocenters. The normalized spacial score (nSPS) is 16.0. The van der Waals surface area contributed by atoms with Crippen molar-refractivity contribution < 1.29 is 9.59 Å². The molecule has 29 heavy (non-hydrogen) atoms. The first kappa shape index (κ1) is 19.5. The molecule has 0 saturated carbocycles. The second-order valence-corrected chi connectivity index (χ2v) is 8.52. The molecule has 3 aromatic rings. The maximum atomic E-state index is 13.1. The van der Waals surface area contributed by atoms with Crippen LogP contribution in [-0.2, 0) is 4.79 Å². The summed E-state index contributed by atoms with van der Waals surface area (Å²) in [6.45, 7) is 3.21. The second kappa shape index (κ2) is 8.29. The number of amides is 2. The molecule has 0 bridgehead atoms. The fourth-order valence-electron chi connectivity index (χ4n) is 3.71. The highest BCUT2D eigenvalue weighted by Gasteiger charge is 2.31. The lowest BCUT2D eigenvalue weighted by molar-refractivity contribution is -0.137. The van der Waals surface area contributed by atoms with E-state index in [-0.39, 0.29) is 23.8 Å². The zero-order chi connectivity index (χ0) is 20.4. The number of benzene rings is 1. The quantitative estimate of drug-likeness (QED) is 0.659. The molecule has 3 heterocycles. The second-order valence-electron chi connectivity index (χ2n) is 7.45. The molecule has 0 spiro atoms. The largest absolute Gasteiger partial charge is 0.339 e. The summed E-state index contributed by atoms with van der Waals surface area (Å²) in [6, 6.07) is 11.5. The zero-order valence-corrected chi connectivity index (χ0v) is 17.4. The minimum atomic E-state index is -0.0741. The van der Waals surface area contributed by atoms with Gasteiger partial charge in [0.1, 0.15) is 5.01 Å². The van der Waals surface area contributed by atoms with Gasteiger partial charge in [-0.1, -0.05) is 12.1 Å². The van der Waals surface area contributed by atoms with Crippen molar-refractivity contribution >= 4 is 33.4 Å². The van der Waals surface area contributed by atoms with Crippen molar-refractivity contribution in [1.82, 2.24) is 19.8 Å². The number of aromatic nitrogens is 2. The average molecular weight is 409 g/mol. The Bertz CT molecular complexity index is 979. The Kier molecular flexibility index (Phi) is 5.58. The van der Waals surface area contributed by atoms with E-state index >= 15 is 0 Å². The van der Waals surface area contributed by atoms with Gasteiger partial charge < -0.3 is 9.80 Å². The van der Waals surface area contributed by atoms with Crippen LogP contribution >= 0.6 is 11.3 Å². The number of carbonyl (C=O) groups is 2. The van der Waals surface area contributed by atoms with E-state index in [0.717, 1.165) is 15.2 Å². The minimum Gasteiger partial charge on any atom is -0.339 e. The van der Waals surface area contributed by atoms with Gasteiger partial charge >= 0.3 is 0 Å². The zero-order valence-electron chi connectivity index (χ0n) is 16.6. The van der Waals surface area contributed by atoms with E-state index in [4.69, 9.17) is 4.98 Å². The van der Waals surface area contributed by atoms with Gasteiger partial charge in [0.15, 0.2) is 0 Å². The van der Waals surface area contributed by atoms with Gasteiger partial charge in [-0.05, 0) is 44.0 Å². The highest BCUT2D eigenvalue weighted by Crippen LogP contribution is 2.30. The number of pyridine rings is 1. The van der Waals surface area contributed by atoms with Gasteiger partial charge in [0, 0.05) is 38.4 Å². The number of hydrogen-bond acceptors (Lipinski definition) is 5. The van der Waals surface area contributed by atoms with Gasteiger partial charge in [-0.25, -0.2) is 4.98 Å². The Morgan fingerprint density at radius 1 is 1.17 bits per heavy atom. The van der Waals surface area contributed by atoms with Crippen molar-refractivity contribution in [3.05, 3.63) is 59.4 Å². The molecular formula is C22H24N4O2S. The van der Waals surface area contributed by atoms with Gasteiger partial charge in [-0.2, -0.15) is 0 Å². The third kappa shape index (κ3) is 4.00. The third-order valence-electron chi connectivity index (χ3n) is 5.64. The van der Waals surface area contributed by atoms with Crippen LogP contribution in [0.15, 0.2) is 48.8 Å². The number of nitrogens with zero attached hydrogens (tertiary/aromatic N) is 4. The van der Waals surface area contributed by atoms with Crippen molar-refractivity contribution in [3.8, 4) is 0 Å². The molecule has 2 aromatic heterocycles. The smallest absolute Gasteiger partial charge is 0.255 e. The van der Waals surface area contributed by atoms with Crippen molar-refractivity contribution in [2.45, 2.75) is 25.8 Å². The molecule has 4 rings (SSSR count). The van der Waals surface area contributed by atoms with Crippen LogP contribution < -0.4 is 0 Å². The van der Waals surface area contributed by atoms with Crippen LogP contribution in [0.3, 0.4) is 0 Å². The maximum Gasteiger partial charge on any atom is 0.255 e.